The summed E-state index contributed by atoms with van der Waals surface area (Å²) in [4.78, 5) is 38.4. The number of amides is 2. The molecule has 0 saturated carbocycles. The molecule has 2 amide bonds. The molecule has 0 saturated heterocycles. The van der Waals surface area contributed by atoms with Crippen molar-refractivity contribution in [2.75, 3.05) is 0 Å². The average molecular weight is 622 g/mol. The predicted octanol–water partition coefficient (Wildman–Crippen LogP) is 12.3. The second-order valence-corrected chi connectivity index (χ2v) is 13.6. The Hall–Kier alpha value is -1.39. The molecule has 260 valence electrons. The summed E-state index contributed by atoms with van der Waals surface area (Å²) in [5.74, 6) is -1.75. The summed E-state index contributed by atoms with van der Waals surface area (Å²) in [6, 6.07) is -1.09. The highest BCUT2D eigenvalue weighted by Gasteiger charge is 2.30. The van der Waals surface area contributed by atoms with Gasteiger partial charge in [0, 0.05) is 12.8 Å². The lowest BCUT2D eigenvalue weighted by molar-refractivity contribution is -0.157. The molecule has 0 aliphatic heterocycles. The largest absolute Gasteiger partial charge is 0.480 e. The number of aliphatic carboxylic acids is 1. The first-order valence-electron chi connectivity index (χ1n) is 19.5. The number of unbranched alkanes of at least 4 members (excludes halogenated alkanes) is 28. The second kappa shape index (κ2) is 33.0. The molecule has 0 spiro atoms. The van der Waals surface area contributed by atoms with Crippen molar-refractivity contribution in [1.29, 1.82) is 0 Å². The van der Waals surface area contributed by atoms with Crippen LogP contribution in [0, 0.1) is 0 Å². The van der Waals surface area contributed by atoms with Crippen molar-refractivity contribution in [1.82, 2.24) is 4.90 Å². The van der Waals surface area contributed by atoms with E-state index in [4.69, 9.17) is 0 Å². The van der Waals surface area contributed by atoms with Crippen molar-refractivity contribution >= 4 is 17.8 Å². The predicted molar refractivity (Wildman–Crippen MR) is 188 cm³/mol. The topological polar surface area (TPSA) is 74.7 Å². The zero-order valence-electron chi connectivity index (χ0n) is 29.8. The van der Waals surface area contributed by atoms with Gasteiger partial charge in [-0.05, 0) is 19.8 Å². The number of carboxylic acids is 1. The van der Waals surface area contributed by atoms with Crippen LogP contribution in [-0.2, 0) is 14.4 Å². The normalized spacial score (nSPS) is 12.0. The van der Waals surface area contributed by atoms with E-state index in [1.165, 1.54) is 161 Å². The van der Waals surface area contributed by atoms with Gasteiger partial charge in [-0.1, -0.05) is 194 Å². The van der Waals surface area contributed by atoms with Gasteiger partial charge in [-0.2, -0.15) is 0 Å². The number of hydrogen-bond acceptors (Lipinski definition) is 3. The summed E-state index contributed by atoms with van der Waals surface area (Å²) in [6.45, 7) is 5.99. The summed E-state index contributed by atoms with van der Waals surface area (Å²) in [5.41, 5.74) is 0. The highest BCUT2D eigenvalue weighted by Crippen LogP contribution is 2.17. The van der Waals surface area contributed by atoms with Gasteiger partial charge in [-0.25, -0.2) is 4.79 Å². The molecule has 0 aromatic rings. The van der Waals surface area contributed by atoms with Gasteiger partial charge in [-0.3, -0.25) is 14.5 Å². The summed E-state index contributed by atoms with van der Waals surface area (Å²) < 4.78 is 0. The van der Waals surface area contributed by atoms with Crippen LogP contribution in [0.5, 0.6) is 0 Å². The van der Waals surface area contributed by atoms with E-state index in [0.29, 0.717) is 0 Å². The Morgan fingerprint density at radius 3 is 0.818 bits per heavy atom. The summed E-state index contributed by atoms with van der Waals surface area (Å²) in [5, 5.41) is 9.51. The molecule has 0 aromatic heterocycles. The lowest BCUT2D eigenvalue weighted by atomic mass is 10.0. The molecule has 1 N–H and O–H groups in total. The fraction of sp³-hybridized carbons (Fsp3) is 0.923. The molecule has 0 bridgehead atoms. The van der Waals surface area contributed by atoms with E-state index in [0.717, 1.165) is 43.4 Å². The molecule has 0 fully saturated rings. The fourth-order valence-corrected chi connectivity index (χ4v) is 6.22. The lowest BCUT2D eigenvalue weighted by Gasteiger charge is -2.25. The molecule has 0 heterocycles. The highest BCUT2D eigenvalue weighted by molar-refractivity contribution is 5.99. The Morgan fingerprint density at radius 2 is 0.614 bits per heavy atom. The highest BCUT2D eigenvalue weighted by atomic mass is 16.4. The third kappa shape index (κ3) is 27.0. The molecule has 44 heavy (non-hydrogen) atoms. The van der Waals surface area contributed by atoms with Crippen LogP contribution in [0.3, 0.4) is 0 Å². The molecule has 0 aliphatic carbocycles. The van der Waals surface area contributed by atoms with E-state index in [9.17, 15) is 19.5 Å². The zero-order chi connectivity index (χ0) is 32.5. The molecule has 1 unspecified atom stereocenters. The lowest BCUT2D eigenvalue weighted by Crippen LogP contribution is -2.47. The Labute approximate surface area is 274 Å². The van der Waals surface area contributed by atoms with Gasteiger partial charge in [0.15, 0.2) is 0 Å². The quantitative estimate of drug-likeness (QED) is 0.0725. The molecular formula is C39H75NO4. The molecular weight excluding hydrogens is 546 g/mol. The van der Waals surface area contributed by atoms with Crippen LogP contribution >= 0.6 is 0 Å². The standard InChI is InChI=1S/C39H75NO4/c1-4-6-8-10-12-14-16-18-20-22-24-26-28-30-32-34-37(41)40(36(3)39(43)44)38(42)35-33-31-29-27-25-23-21-19-17-15-13-11-9-7-5-2/h36H,4-35H2,1-3H3,(H,43,44). The average Bonchev–Trinajstić information content (AvgIpc) is 3.01. The zero-order valence-corrected chi connectivity index (χ0v) is 29.8. The molecule has 5 heteroatoms. The van der Waals surface area contributed by atoms with Crippen molar-refractivity contribution in [3.63, 3.8) is 0 Å². The summed E-state index contributed by atoms with van der Waals surface area (Å²) in [6.07, 6.45) is 38.3. The van der Waals surface area contributed by atoms with E-state index in [1.807, 2.05) is 0 Å². The number of nitrogens with zero attached hydrogens (tertiary/aromatic N) is 1. The minimum absolute atomic E-state index is 0.264. The van der Waals surface area contributed by atoms with Crippen LogP contribution in [-0.4, -0.2) is 33.8 Å². The number of carbonyl (C=O) groups is 3. The molecule has 1 atom stereocenters. The van der Waals surface area contributed by atoms with Gasteiger partial charge in [0.2, 0.25) is 11.8 Å². The smallest absolute Gasteiger partial charge is 0.326 e. The van der Waals surface area contributed by atoms with Crippen molar-refractivity contribution in [2.45, 2.75) is 232 Å². The number of carboxylic acid groups (broad SMARTS) is 1. The van der Waals surface area contributed by atoms with E-state index in [2.05, 4.69) is 13.8 Å². The first kappa shape index (κ1) is 42.6. The maximum absolute atomic E-state index is 12.9. The van der Waals surface area contributed by atoms with E-state index >= 15 is 0 Å². The van der Waals surface area contributed by atoms with Crippen LogP contribution in [0.15, 0.2) is 0 Å². The van der Waals surface area contributed by atoms with Gasteiger partial charge < -0.3 is 5.11 Å². The van der Waals surface area contributed by atoms with Gasteiger partial charge in [0.25, 0.3) is 0 Å². The van der Waals surface area contributed by atoms with Crippen molar-refractivity contribution < 1.29 is 19.5 Å². The third-order valence-electron chi connectivity index (χ3n) is 9.27. The molecule has 5 nitrogen and oxygen atoms in total. The number of imide groups is 1. The molecule has 0 rings (SSSR count). The maximum atomic E-state index is 12.9. The monoisotopic (exact) mass is 622 g/mol. The fourth-order valence-electron chi connectivity index (χ4n) is 6.22. The Bertz CT molecular complexity index is 619. The van der Waals surface area contributed by atoms with Gasteiger partial charge in [-0.15, -0.1) is 0 Å². The van der Waals surface area contributed by atoms with E-state index in [-0.39, 0.29) is 24.7 Å². The van der Waals surface area contributed by atoms with Gasteiger partial charge in [0.1, 0.15) is 6.04 Å². The van der Waals surface area contributed by atoms with Crippen molar-refractivity contribution in [3.05, 3.63) is 0 Å². The van der Waals surface area contributed by atoms with Crippen LogP contribution in [0.1, 0.15) is 226 Å². The van der Waals surface area contributed by atoms with Crippen LogP contribution in [0.25, 0.3) is 0 Å². The Balaban J connectivity index is 3.89. The van der Waals surface area contributed by atoms with Crippen molar-refractivity contribution in [3.8, 4) is 0 Å². The van der Waals surface area contributed by atoms with Crippen LogP contribution in [0.2, 0.25) is 0 Å². The molecule has 0 aliphatic rings. The number of rotatable bonds is 34. The second-order valence-electron chi connectivity index (χ2n) is 13.6. The van der Waals surface area contributed by atoms with Gasteiger partial charge >= 0.3 is 5.97 Å². The van der Waals surface area contributed by atoms with E-state index in [1.54, 1.807) is 0 Å². The number of hydrogen-bond donors (Lipinski definition) is 1. The first-order chi connectivity index (χ1) is 21.5. The maximum Gasteiger partial charge on any atom is 0.326 e. The summed E-state index contributed by atoms with van der Waals surface area (Å²) in [7, 11) is 0. The van der Waals surface area contributed by atoms with E-state index < -0.39 is 12.0 Å². The minimum Gasteiger partial charge on any atom is -0.480 e. The third-order valence-corrected chi connectivity index (χ3v) is 9.27. The van der Waals surface area contributed by atoms with Crippen LogP contribution < -0.4 is 0 Å². The summed E-state index contributed by atoms with van der Waals surface area (Å²) >= 11 is 0. The van der Waals surface area contributed by atoms with Crippen molar-refractivity contribution in [2.24, 2.45) is 0 Å². The van der Waals surface area contributed by atoms with Crippen LogP contribution in [0.4, 0.5) is 0 Å². The molecule has 0 radical (unpaired) electrons. The minimum atomic E-state index is -1.11. The molecule has 0 aromatic carbocycles. The SMILES string of the molecule is CCCCCCCCCCCCCCCCCC(=O)N(C(=O)CCCCCCCCCCCCCCCCC)C(C)C(=O)O. The first-order valence-corrected chi connectivity index (χ1v) is 19.5. The van der Waals surface area contributed by atoms with Gasteiger partial charge in [0.05, 0.1) is 0 Å². The Morgan fingerprint density at radius 1 is 0.409 bits per heavy atom. The number of carbonyl (C=O) groups excluding carboxylic acids is 2. The Kier molecular flexibility index (Phi) is 31.9.